The van der Waals surface area contributed by atoms with E-state index < -0.39 is 5.97 Å². The fourth-order valence-electron chi connectivity index (χ4n) is 2.04. The Morgan fingerprint density at radius 1 is 1.19 bits per heavy atom. The van der Waals surface area contributed by atoms with Crippen molar-refractivity contribution in [3.63, 3.8) is 0 Å². The number of carboxylic acid groups (broad SMARTS) is 1. The Morgan fingerprint density at radius 2 is 1.86 bits per heavy atom. The summed E-state index contributed by atoms with van der Waals surface area (Å²) >= 11 is 0. The third kappa shape index (κ3) is 8.09. The predicted molar refractivity (Wildman–Crippen MR) is 82.0 cm³/mol. The van der Waals surface area contributed by atoms with Gasteiger partial charge in [-0.3, -0.25) is 14.5 Å². The molecular formula is C16H24N2O3. The Kier molecular flexibility index (Phi) is 7.46. The molecule has 0 aromatic heterocycles. The number of benzene rings is 1. The van der Waals surface area contributed by atoms with Gasteiger partial charge in [0.2, 0.25) is 5.91 Å². The number of carbonyl (C=O) groups is 2. The van der Waals surface area contributed by atoms with Crippen molar-refractivity contribution in [2.75, 3.05) is 19.6 Å². The van der Waals surface area contributed by atoms with Crippen molar-refractivity contribution in [2.45, 2.75) is 33.2 Å². The highest BCUT2D eigenvalue weighted by molar-refractivity contribution is 5.72. The van der Waals surface area contributed by atoms with Gasteiger partial charge in [-0.2, -0.15) is 0 Å². The highest BCUT2D eigenvalue weighted by Crippen LogP contribution is 2.08. The maximum Gasteiger partial charge on any atom is 0.304 e. The van der Waals surface area contributed by atoms with Gasteiger partial charge in [0.05, 0.1) is 6.42 Å². The summed E-state index contributed by atoms with van der Waals surface area (Å²) in [7, 11) is 0. The molecule has 116 valence electrons. The molecule has 0 heterocycles. The van der Waals surface area contributed by atoms with Gasteiger partial charge in [-0.05, 0) is 18.9 Å². The van der Waals surface area contributed by atoms with Crippen LogP contribution in [-0.2, 0) is 16.1 Å². The van der Waals surface area contributed by atoms with E-state index in [1.54, 1.807) is 0 Å². The largest absolute Gasteiger partial charge is 0.481 e. The van der Waals surface area contributed by atoms with Crippen LogP contribution in [0.5, 0.6) is 0 Å². The second-order valence-electron chi connectivity index (χ2n) is 5.24. The summed E-state index contributed by atoms with van der Waals surface area (Å²) < 4.78 is 0. The van der Waals surface area contributed by atoms with Crippen molar-refractivity contribution in [1.29, 1.82) is 0 Å². The van der Waals surface area contributed by atoms with E-state index in [0.717, 1.165) is 19.5 Å². The Labute approximate surface area is 126 Å². The molecule has 1 amide bonds. The Bertz CT molecular complexity index is 457. The highest BCUT2D eigenvalue weighted by atomic mass is 16.4. The maximum absolute atomic E-state index is 10.8. The number of aryl methyl sites for hydroxylation is 1. The van der Waals surface area contributed by atoms with Crippen LogP contribution in [0.3, 0.4) is 0 Å². The lowest BCUT2D eigenvalue weighted by Crippen LogP contribution is -2.30. The number of nitrogens with zero attached hydrogens (tertiary/aromatic N) is 1. The maximum atomic E-state index is 10.8. The molecule has 0 bridgehead atoms. The van der Waals surface area contributed by atoms with E-state index in [-0.39, 0.29) is 12.3 Å². The normalized spacial score (nSPS) is 10.6. The Hall–Kier alpha value is -1.88. The lowest BCUT2D eigenvalue weighted by molar-refractivity contribution is -0.137. The quantitative estimate of drug-likeness (QED) is 0.681. The average molecular weight is 292 g/mol. The summed E-state index contributed by atoms with van der Waals surface area (Å²) in [4.78, 5) is 23.7. The van der Waals surface area contributed by atoms with Gasteiger partial charge in [0.15, 0.2) is 0 Å². The van der Waals surface area contributed by atoms with Crippen LogP contribution in [0.25, 0.3) is 0 Å². The average Bonchev–Trinajstić information content (AvgIpc) is 2.42. The number of aliphatic carboxylic acids is 1. The summed E-state index contributed by atoms with van der Waals surface area (Å²) in [6.45, 7) is 6.17. The molecule has 0 aliphatic heterocycles. The van der Waals surface area contributed by atoms with Gasteiger partial charge >= 0.3 is 5.97 Å². The molecule has 0 spiro atoms. The molecule has 0 atom stereocenters. The predicted octanol–water partition coefficient (Wildman–Crippen LogP) is 1.80. The second kappa shape index (κ2) is 9.13. The molecule has 1 aromatic rings. The molecule has 1 rings (SSSR count). The Balaban J connectivity index is 2.48. The van der Waals surface area contributed by atoms with Gasteiger partial charge in [0, 0.05) is 33.1 Å². The van der Waals surface area contributed by atoms with Crippen LogP contribution in [0.2, 0.25) is 0 Å². The minimum atomic E-state index is -0.786. The molecule has 0 aliphatic rings. The molecule has 5 nitrogen and oxygen atoms in total. The molecule has 0 unspecified atom stereocenters. The second-order valence-corrected chi connectivity index (χ2v) is 5.24. The van der Waals surface area contributed by atoms with Crippen LogP contribution in [0, 0.1) is 6.92 Å². The molecule has 0 fully saturated rings. The van der Waals surface area contributed by atoms with Crippen LogP contribution in [0.4, 0.5) is 0 Å². The van der Waals surface area contributed by atoms with E-state index in [2.05, 4.69) is 34.5 Å². The van der Waals surface area contributed by atoms with E-state index in [1.807, 2.05) is 6.92 Å². The number of amides is 1. The summed E-state index contributed by atoms with van der Waals surface area (Å²) in [6.07, 6.45) is 0.942. The molecular weight excluding hydrogens is 268 g/mol. The molecule has 0 saturated heterocycles. The molecule has 0 radical (unpaired) electrons. The third-order valence-corrected chi connectivity index (χ3v) is 3.19. The van der Waals surface area contributed by atoms with Crippen molar-refractivity contribution in [3.05, 3.63) is 35.4 Å². The van der Waals surface area contributed by atoms with Gasteiger partial charge in [-0.25, -0.2) is 0 Å². The first-order valence-corrected chi connectivity index (χ1v) is 7.21. The molecule has 0 aliphatic carbocycles. The first-order valence-electron chi connectivity index (χ1n) is 7.21. The van der Waals surface area contributed by atoms with E-state index >= 15 is 0 Å². The SMILES string of the molecule is CC(=O)NCCCN(CCC(=O)O)Cc1ccc(C)cc1. The molecule has 21 heavy (non-hydrogen) atoms. The number of rotatable bonds is 9. The van der Waals surface area contributed by atoms with E-state index in [9.17, 15) is 9.59 Å². The van der Waals surface area contributed by atoms with Crippen LogP contribution in [0.15, 0.2) is 24.3 Å². The highest BCUT2D eigenvalue weighted by Gasteiger charge is 2.08. The van der Waals surface area contributed by atoms with Crippen molar-refractivity contribution in [1.82, 2.24) is 10.2 Å². The first-order chi connectivity index (χ1) is 9.97. The monoisotopic (exact) mass is 292 g/mol. The number of carbonyl (C=O) groups excluding carboxylic acids is 1. The topological polar surface area (TPSA) is 69.6 Å². The molecule has 2 N–H and O–H groups in total. The van der Waals surface area contributed by atoms with E-state index in [4.69, 9.17) is 5.11 Å². The molecule has 1 aromatic carbocycles. The zero-order chi connectivity index (χ0) is 15.7. The fraction of sp³-hybridized carbons (Fsp3) is 0.500. The zero-order valence-electron chi connectivity index (χ0n) is 12.8. The molecule has 0 saturated carbocycles. The van der Waals surface area contributed by atoms with Gasteiger partial charge in [0.25, 0.3) is 0 Å². The minimum absolute atomic E-state index is 0.0365. The summed E-state index contributed by atoms with van der Waals surface area (Å²) in [5, 5.41) is 11.6. The summed E-state index contributed by atoms with van der Waals surface area (Å²) in [6, 6.07) is 8.25. The number of hydrogen-bond acceptors (Lipinski definition) is 3. The van der Waals surface area contributed by atoms with Crippen LogP contribution < -0.4 is 5.32 Å². The summed E-state index contributed by atoms with van der Waals surface area (Å²) in [5.74, 6) is -0.823. The van der Waals surface area contributed by atoms with Gasteiger partial charge < -0.3 is 10.4 Å². The first kappa shape index (κ1) is 17.2. The third-order valence-electron chi connectivity index (χ3n) is 3.19. The van der Waals surface area contributed by atoms with Crippen molar-refractivity contribution >= 4 is 11.9 Å². The number of carboxylic acids is 1. The van der Waals surface area contributed by atoms with Crippen LogP contribution in [-0.4, -0.2) is 41.5 Å². The van der Waals surface area contributed by atoms with Crippen molar-refractivity contribution < 1.29 is 14.7 Å². The van der Waals surface area contributed by atoms with Gasteiger partial charge in [0.1, 0.15) is 0 Å². The fourth-order valence-corrected chi connectivity index (χ4v) is 2.04. The van der Waals surface area contributed by atoms with Crippen LogP contribution in [0.1, 0.15) is 30.9 Å². The van der Waals surface area contributed by atoms with Crippen molar-refractivity contribution in [3.8, 4) is 0 Å². The van der Waals surface area contributed by atoms with E-state index in [1.165, 1.54) is 18.1 Å². The Morgan fingerprint density at radius 3 is 2.43 bits per heavy atom. The number of nitrogens with one attached hydrogen (secondary N) is 1. The minimum Gasteiger partial charge on any atom is -0.481 e. The van der Waals surface area contributed by atoms with Crippen LogP contribution >= 0.6 is 0 Å². The lowest BCUT2D eigenvalue weighted by Gasteiger charge is -2.21. The van der Waals surface area contributed by atoms with Crippen molar-refractivity contribution in [2.24, 2.45) is 0 Å². The van der Waals surface area contributed by atoms with Gasteiger partial charge in [-0.1, -0.05) is 29.8 Å². The van der Waals surface area contributed by atoms with E-state index in [0.29, 0.717) is 13.1 Å². The summed E-state index contributed by atoms with van der Waals surface area (Å²) in [5.41, 5.74) is 2.38. The standard InChI is InChI=1S/C16H24N2O3/c1-13-4-6-15(7-5-13)12-18(11-8-16(20)21)10-3-9-17-14(2)19/h4-7H,3,8-12H2,1-2H3,(H,17,19)(H,20,21). The zero-order valence-corrected chi connectivity index (χ0v) is 12.8. The molecule has 5 heteroatoms. The lowest BCUT2D eigenvalue weighted by atomic mass is 10.1. The smallest absolute Gasteiger partial charge is 0.304 e. The number of hydrogen-bond donors (Lipinski definition) is 2. The van der Waals surface area contributed by atoms with Gasteiger partial charge in [-0.15, -0.1) is 0 Å².